The Morgan fingerprint density at radius 3 is 3.07 bits per heavy atom. The van der Waals surface area contributed by atoms with Gasteiger partial charge in [-0.2, -0.15) is 0 Å². The Balaban J connectivity index is 1.94. The van der Waals surface area contributed by atoms with Gasteiger partial charge in [0, 0.05) is 32.3 Å². The zero-order chi connectivity index (χ0) is 9.97. The highest BCUT2D eigenvalue weighted by Crippen LogP contribution is 2.17. The van der Waals surface area contributed by atoms with E-state index in [-0.39, 0.29) is 11.8 Å². The van der Waals surface area contributed by atoms with Crippen LogP contribution in [0.15, 0.2) is 0 Å². The fourth-order valence-corrected chi connectivity index (χ4v) is 2.13. The van der Waals surface area contributed by atoms with E-state index in [1.807, 2.05) is 4.90 Å². The highest BCUT2D eigenvalue weighted by molar-refractivity contribution is 5.79. The zero-order valence-corrected chi connectivity index (χ0v) is 8.66. The van der Waals surface area contributed by atoms with Crippen LogP contribution in [0.1, 0.15) is 13.3 Å². The molecule has 2 aliphatic rings. The second-order valence-electron chi connectivity index (χ2n) is 4.15. The van der Waals surface area contributed by atoms with Crippen molar-refractivity contribution in [3.8, 4) is 0 Å². The van der Waals surface area contributed by atoms with Crippen molar-refractivity contribution in [2.24, 2.45) is 5.92 Å². The van der Waals surface area contributed by atoms with E-state index < -0.39 is 0 Å². The first-order valence-corrected chi connectivity index (χ1v) is 5.38. The molecule has 2 heterocycles. The molecule has 2 atom stereocenters. The SMILES string of the molecule is C[C@H]1CNCCN1C(=O)[C@@H]1CCOC1. The molecule has 0 aromatic carbocycles. The summed E-state index contributed by atoms with van der Waals surface area (Å²) < 4.78 is 5.24. The molecule has 0 aromatic rings. The molecule has 4 heteroatoms. The molecular formula is C10H18N2O2. The van der Waals surface area contributed by atoms with Crippen molar-refractivity contribution in [1.82, 2.24) is 10.2 Å². The summed E-state index contributed by atoms with van der Waals surface area (Å²) in [5, 5.41) is 3.28. The molecule has 0 spiro atoms. The average Bonchev–Trinajstić information content (AvgIpc) is 2.70. The molecule has 2 rings (SSSR count). The molecule has 0 aromatic heterocycles. The van der Waals surface area contributed by atoms with Crippen molar-refractivity contribution in [2.45, 2.75) is 19.4 Å². The molecule has 0 bridgehead atoms. The van der Waals surface area contributed by atoms with E-state index in [2.05, 4.69) is 12.2 Å². The van der Waals surface area contributed by atoms with Gasteiger partial charge in [-0.1, -0.05) is 0 Å². The van der Waals surface area contributed by atoms with Crippen molar-refractivity contribution in [1.29, 1.82) is 0 Å². The van der Waals surface area contributed by atoms with Crippen molar-refractivity contribution >= 4 is 5.91 Å². The fraction of sp³-hybridized carbons (Fsp3) is 0.900. The molecule has 80 valence electrons. The van der Waals surface area contributed by atoms with Crippen molar-refractivity contribution in [3.63, 3.8) is 0 Å². The minimum absolute atomic E-state index is 0.121. The Hall–Kier alpha value is -0.610. The first-order valence-electron chi connectivity index (χ1n) is 5.38. The number of nitrogens with zero attached hydrogens (tertiary/aromatic N) is 1. The lowest BCUT2D eigenvalue weighted by Gasteiger charge is -2.35. The number of piperazine rings is 1. The average molecular weight is 198 g/mol. The van der Waals surface area contributed by atoms with Gasteiger partial charge in [-0.3, -0.25) is 4.79 Å². The normalized spacial score (nSPS) is 33.4. The van der Waals surface area contributed by atoms with Crippen LogP contribution in [-0.2, 0) is 9.53 Å². The smallest absolute Gasteiger partial charge is 0.228 e. The minimum Gasteiger partial charge on any atom is -0.381 e. The first kappa shape index (κ1) is 9.93. The largest absolute Gasteiger partial charge is 0.381 e. The Labute approximate surface area is 84.6 Å². The topological polar surface area (TPSA) is 41.6 Å². The van der Waals surface area contributed by atoms with Gasteiger partial charge in [0.2, 0.25) is 5.91 Å². The number of amides is 1. The molecule has 2 fully saturated rings. The number of rotatable bonds is 1. The van der Waals surface area contributed by atoms with E-state index in [4.69, 9.17) is 4.74 Å². The summed E-state index contributed by atoms with van der Waals surface area (Å²) in [6.45, 7) is 6.14. The van der Waals surface area contributed by atoms with E-state index >= 15 is 0 Å². The standard InChI is InChI=1S/C10H18N2O2/c1-8-6-11-3-4-12(8)10(13)9-2-5-14-7-9/h8-9,11H,2-7H2,1H3/t8-,9+/m0/s1. The lowest BCUT2D eigenvalue weighted by Crippen LogP contribution is -2.53. The molecule has 0 aliphatic carbocycles. The van der Waals surface area contributed by atoms with E-state index in [1.54, 1.807) is 0 Å². The van der Waals surface area contributed by atoms with Crippen LogP contribution >= 0.6 is 0 Å². The molecule has 1 N–H and O–H groups in total. The molecule has 0 saturated carbocycles. The quantitative estimate of drug-likeness (QED) is 0.637. The van der Waals surface area contributed by atoms with Crippen molar-refractivity contribution in [2.75, 3.05) is 32.8 Å². The van der Waals surface area contributed by atoms with Crippen LogP contribution in [0.3, 0.4) is 0 Å². The van der Waals surface area contributed by atoms with Gasteiger partial charge in [0.1, 0.15) is 0 Å². The third-order valence-corrected chi connectivity index (χ3v) is 3.06. The maximum atomic E-state index is 12.0. The summed E-state index contributed by atoms with van der Waals surface area (Å²) in [5.74, 6) is 0.409. The molecule has 14 heavy (non-hydrogen) atoms. The van der Waals surface area contributed by atoms with Crippen LogP contribution in [0.2, 0.25) is 0 Å². The summed E-state index contributed by atoms with van der Waals surface area (Å²) in [5.41, 5.74) is 0. The monoisotopic (exact) mass is 198 g/mol. The Kier molecular flexibility index (Phi) is 3.03. The molecule has 2 saturated heterocycles. The lowest BCUT2D eigenvalue weighted by molar-refractivity contribution is -0.138. The molecule has 1 amide bonds. The first-order chi connectivity index (χ1) is 6.79. The maximum Gasteiger partial charge on any atom is 0.228 e. The van der Waals surface area contributed by atoms with Gasteiger partial charge >= 0.3 is 0 Å². The van der Waals surface area contributed by atoms with Crippen LogP contribution in [0.5, 0.6) is 0 Å². The summed E-state index contributed by atoms with van der Waals surface area (Å²) in [6, 6.07) is 0.330. The van der Waals surface area contributed by atoms with Gasteiger partial charge in [-0.15, -0.1) is 0 Å². The van der Waals surface area contributed by atoms with E-state index in [1.165, 1.54) is 0 Å². The van der Waals surface area contributed by atoms with Crippen LogP contribution < -0.4 is 5.32 Å². The number of carbonyl (C=O) groups excluding carboxylic acids is 1. The number of carbonyl (C=O) groups is 1. The predicted octanol–water partition coefficient (Wildman–Crippen LogP) is -0.157. The second kappa shape index (κ2) is 4.28. The van der Waals surface area contributed by atoms with Crippen LogP contribution in [0, 0.1) is 5.92 Å². The third-order valence-electron chi connectivity index (χ3n) is 3.06. The van der Waals surface area contributed by atoms with Crippen LogP contribution in [0.4, 0.5) is 0 Å². The summed E-state index contributed by atoms with van der Waals surface area (Å²) in [7, 11) is 0. The fourth-order valence-electron chi connectivity index (χ4n) is 2.13. The second-order valence-corrected chi connectivity index (χ2v) is 4.15. The van der Waals surface area contributed by atoms with E-state index in [0.717, 1.165) is 32.7 Å². The number of nitrogens with one attached hydrogen (secondary N) is 1. The zero-order valence-electron chi connectivity index (χ0n) is 8.66. The molecular weight excluding hydrogens is 180 g/mol. The molecule has 2 aliphatic heterocycles. The molecule has 4 nitrogen and oxygen atoms in total. The van der Waals surface area contributed by atoms with Crippen molar-refractivity contribution in [3.05, 3.63) is 0 Å². The number of hydrogen-bond acceptors (Lipinski definition) is 3. The Morgan fingerprint density at radius 1 is 1.57 bits per heavy atom. The Bertz CT molecular complexity index is 214. The highest BCUT2D eigenvalue weighted by Gasteiger charge is 2.31. The van der Waals surface area contributed by atoms with Gasteiger partial charge in [-0.25, -0.2) is 0 Å². The van der Waals surface area contributed by atoms with Gasteiger partial charge in [0.25, 0.3) is 0 Å². The van der Waals surface area contributed by atoms with Crippen LogP contribution in [-0.4, -0.2) is 49.7 Å². The lowest BCUT2D eigenvalue weighted by atomic mass is 10.1. The number of hydrogen-bond donors (Lipinski definition) is 1. The number of ether oxygens (including phenoxy) is 1. The summed E-state index contributed by atoms with van der Waals surface area (Å²) in [6.07, 6.45) is 0.898. The van der Waals surface area contributed by atoms with E-state index in [0.29, 0.717) is 12.6 Å². The highest BCUT2D eigenvalue weighted by atomic mass is 16.5. The predicted molar refractivity (Wildman–Crippen MR) is 53.0 cm³/mol. The Morgan fingerprint density at radius 2 is 2.43 bits per heavy atom. The third kappa shape index (κ3) is 1.91. The summed E-state index contributed by atoms with van der Waals surface area (Å²) >= 11 is 0. The van der Waals surface area contributed by atoms with E-state index in [9.17, 15) is 4.79 Å². The van der Waals surface area contributed by atoms with Crippen LogP contribution in [0.25, 0.3) is 0 Å². The van der Waals surface area contributed by atoms with Crippen molar-refractivity contribution < 1.29 is 9.53 Å². The van der Waals surface area contributed by atoms with Gasteiger partial charge < -0.3 is 15.0 Å². The van der Waals surface area contributed by atoms with Gasteiger partial charge in [-0.05, 0) is 13.3 Å². The molecule has 0 unspecified atom stereocenters. The van der Waals surface area contributed by atoms with Gasteiger partial charge in [0.15, 0.2) is 0 Å². The minimum atomic E-state index is 0.121. The maximum absolute atomic E-state index is 12.0. The molecule has 0 radical (unpaired) electrons. The summed E-state index contributed by atoms with van der Waals surface area (Å²) in [4.78, 5) is 14.0. The van der Waals surface area contributed by atoms with Gasteiger partial charge in [0.05, 0.1) is 12.5 Å².